The molecular formula is C27H36N4O4. The van der Waals surface area contributed by atoms with Crippen LogP contribution in [-0.2, 0) is 27.3 Å². The van der Waals surface area contributed by atoms with Gasteiger partial charge in [-0.05, 0) is 48.1 Å². The normalized spacial score (nSPS) is 13.4. The van der Waals surface area contributed by atoms with Crippen LogP contribution in [0.4, 0.5) is 0 Å². The van der Waals surface area contributed by atoms with Gasteiger partial charge in [-0.1, -0.05) is 30.3 Å². The van der Waals surface area contributed by atoms with Crippen molar-refractivity contribution in [1.82, 2.24) is 15.5 Å². The van der Waals surface area contributed by atoms with Crippen LogP contribution in [0.15, 0.2) is 42.5 Å². The summed E-state index contributed by atoms with van der Waals surface area (Å²) in [6.45, 7) is 2.57. The summed E-state index contributed by atoms with van der Waals surface area (Å²) in [6.07, 6.45) is 4.24. The zero-order valence-electron chi connectivity index (χ0n) is 20.7. The van der Waals surface area contributed by atoms with E-state index in [9.17, 15) is 9.59 Å². The number of carbonyl (C=O) groups excluding carboxylic acids is 2. The molecule has 3 N–H and O–H groups in total. The number of nitrogens with one attached hydrogen (secondary N) is 3. The van der Waals surface area contributed by atoms with E-state index < -0.39 is 0 Å². The summed E-state index contributed by atoms with van der Waals surface area (Å²) < 4.78 is 11.3. The minimum Gasteiger partial charge on any atom is -0.493 e. The largest absolute Gasteiger partial charge is 0.493 e. The van der Waals surface area contributed by atoms with Crippen LogP contribution in [0.3, 0.4) is 0 Å². The van der Waals surface area contributed by atoms with E-state index in [2.05, 4.69) is 28.8 Å². The second kappa shape index (κ2) is 13.5. The quantitative estimate of drug-likeness (QED) is 0.260. The Balaban J connectivity index is 1.77. The number of likely N-dealkylation sites (tertiary alicyclic amines) is 1. The molecule has 1 saturated heterocycles. The molecule has 1 heterocycles. The number of ether oxygens (including phenoxy) is 2. The highest BCUT2D eigenvalue weighted by Gasteiger charge is 2.18. The second-order valence-corrected chi connectivity index (χ2v) is 8.67. The highest BCUT2D eigenvalue weighted by molar-refractivity contribution is 5.95. The van der Waals surface area contributed by atoms with Crippen LogP contribution in [0.2, 0.25) is 0 Å². The summed E-state index contributed by atoms with van der Waals surface area (Å²) in [5, 5.41) is 12.6. The lowest BCUT2D eigenvalue weighted by Gasteiger charge is -2.27. The lowest BCUT2D eigenvalue weighted by Crippen LogP contribution is -2.38. The van der Waals surface area contributed by atoms with Gasteiger partial charge in [0.25, 0.3) is 0 Å². The average molecular weight is 481 g/mol. The van der Waals surface area contributed by atoms with Gasteiger partial charge in [0.05, 0.1) is 6.61 Å². The molecule has 2 amide bonds. The van der Waals surface area contributed by atoms with E-state index in [1.807, 2.05) is 29.2 Å². The number of nitrogens with zero attached hydrogens (tertiary/aromatic N) is 1. The van der Waals surface area contributed by atoms with E-state index in [-0.39, 0.29) is 24.2 Å². The number of amides is 2. The van der Waals surface area contributed by atoms with E-state index in [1.165, 1.54) is 0 Å². The third-order valence-electron chi connectivity index (χ3n) is 5.98. The predicted octanol–water partition coefficient (Wildman–Crippen LogP) is 3.48. The van der Waals surface area contributed by atoms with Crippen LogP contribution in [0.1, 0.15) is 43.2 Å². The molecule has 1 fully saturated rings. The van der Waals surface area contributed by atoms with Gasteiger partial charge in [-0.2, -0.15) is 0 Å². The Hall–Kier alpha value is -3.39. The summed E-state index contributed by atoms with van der Waals surface area (Å²) in [5.41, 5.74) is 4.08. The highest BCUT2D eigenvalue weighted by Crippen LogP contribution is 2.32. The van der Waals surface area contributed by atoms with Crippen LogP contribution >= 0.6 is 0 Å². The molecule has 8 nitrogen and oxygen atoms in total. The van der Waals surface area contributed by atoms with Gasteiger partial charge in [0.1, 0.15) is 5.75 Å². The van der Waals surface area contributed by atoms with Gasteiger partial charge in [0.2, 0.25) is 11.8 Å². The second-order valence-electron chi connectivity index (χ2n) is 8.67. The third-order valence-corrected chi connectivity index (χ3v) is 5.98. The summed E-state index contributed by atoms with van der Waals surface area (Å²) >= 11 is 0. The maximum absolute atomic E-state index is 12.3. The SMILES string of the molecule is CNC(=N)NC(=O)CCc1ccc(-c2cccc(CN3CCCCC3=O)c2)c(OCCCOC)c1. The highest BCUT2D eigenvalue weighted by atomic mass is 16.5. The van der Waals surface area contributed by atoms with Crippen molar-refractivity contribution in [3.8, 4) is 16.9 Å². The number of methoxy groups -OCH3 is 1. The van der Waals surface area contributed by atoms with Crippen LogP contribution in [0.25, 0.3) is 11.1 Å². The van der Waals surface area contributed by atoms with Gasteiger partial charge in [0, 0.05) is 58.7 Å². The molecule has 0 aromatic heterocycles. The van der Waals surface area contributed by atoms with E-state index >= 15 is 0 Å². The lowest BCUT2D eigenvalue weighted by molar-refractivity contribution is -0.133. The maximum atomic E-state index is 12.3. The molecule has 1 aliphatic rings. The monoisotopic (exact) mass is 480 g/mol. The predicted molar refractivity (Wildman–Crippen MR) is 136 cm³/mol. The Labute approximate surface area is 207 Å². The Bertz CT molecular complexity index is 1020. The Kier molecular flexibility index (Phi) is 10.1. The molecule has 188 valence electrons. The first kappa shape index (κ1) is 26.2. The maximum Gasteiger partial charge on any atom is 0.226 e. The molecule has 0 aliphatic carbocycles. The van der Waals surface area contributed by atoms with Crippen molar-refractivity contribution >= 4 is 17.8 Å². The van der Waals surface area contributed by atoms with E-state index in [0.29, 0.717) is 32.6 Å². The van der Waals surface area contributed by atoms with Gasteiger partial charge in [-0.25, -0.2) is 0 Å². The van der Waals surface area contributed by atoms with Gasteiger partial charge < -0.3 is 19.7 Å². The van der Waals surface area contributed by atoms with Crippen LogP contribution in [0, 0.1) is 5.41 Å². The number of guanidine groups is 1. The number of hydrogen-bond donors (Lipinski definition) is 3. The van der Waals surface area contributed by atoms with E-state index in [0.717, 1.165) is 53.8 Å². The number of aryl methyl sites for hydroxylation is 1. The van der Waals surface area contributed by atoms with Crippen molar-refractivity contribution in [3.63, 3.8) is 0 Å². The summed E-state index contributed by atoms with van der Waals surface area (Å²) in [4.78, 5) is 26.3. The van der Waals surface area contributed by atoms with Gasteiger partial charge in [-0.3, -0.25) is 20.3 Å². The van der Waals surface area contributed by atoms with Crippen LogP contribution in [-0.4, -0.2) is 56.6 Å². The standard InChI is InChI=1S/C27H36N4O4/c1-29-27(28)30-25(32)13-11-20-10-12-23(24(18-20)35-16-6-15-34-2)22-8-5-7-21(17-22)19-31-14-4-3-9-26(31)33/h5,7-8,10,12,17-18H,3-4,6,9,11,13-16,19H2,1-2H3,(H3,28,29,30,32). The first-order chi connectivity index (χ1) is 17.0. The fourth-order valence-corrected chi connectivity index (χ4v) is 4.07. The number of piperidine rings is 1. The number of benzene rings is 2. The first-order valence-corrected chi connectivity index (χ1v) is 12.2. The minimum absolute atomic E-state index is 0.0151. The molecule has 0 atom stereocenters. The molecule has 2 aromatic rings. The number of rotatable bonds is 11. The fraction of sp³-hybridized carbons (Fsp3) is 0.444. The minimum atomic E-state index is -0.212. The smallest absolute Gasteiger partial charge is 0.226 e. The lowest BCUT2D eigenvalue weighted by atomic mass is 9.98. The summed E-state index contributed by atoms with van der Waals surface area (Å²) in [5.74, 6) is 0.754. The van der Waals surface area contributed by atoms with Gasteiger partial charge in [-0.15, -0.1) is 0 Å². The van der Waals surface area contributed by atoms with Gasteiger partial charge in [0.15, 0.2) is 5.96 Å². The molecule has 1 aliphatic heterocycles. The van der Waals surface area contributed by atoms with E-state index in [1.54, 1.807) is 14.2 Å². The summed E-state index contributed by atoms with van der Waals surface area (Å²) in [6, 6.07) is 14.3. The Morgan fingerprint density at radius 2 is 1.97 bits per heavy atom. The fourth-order valence-electron chi connectivity index (χ4n) is 4.07. The summed E-state index contributed by atoms with van der Waals surface area (Å²) in [7, 11) is 3.26. The van der Waals surface area contributed by atoms with E-state index in [4.69, 9.17) is 14.9 Å². The molecule has 35 heavy (non-hydrogen) atoms. The zero-order valence-corrected chi connectivity index (χ0v) is 20.7. The number of hydrogen-bond acceptors (Lipinski definition) is 5. The Morgan fingerprint density at radius 3 is 2.74 bits per heavy atom. The molecule has 0 saturated carbocycles. The van der Waals surface area contributed by atoms with Crippen molar-refractivity contribution in [2.24, 2.45) is 0 Å². The average Bonchev–Trinajstić information content (AvgIpc) is 2.87. The van der Waals surface area contributed by atoms with Crippen molar-refractivity contribution in [2.45, 2.75) is 45.1 Å². The topological polar surface area (TPSA) is 104 Å². The van der Waals surface area contributed by atoms with Crippen molar-refractivity contribution in [2.75, 3.05) is 33.9 Å². The van der Waals surface area contributed by atoms with Crippen LogP contribution in [0.5, 0.6) is 5.75 Å². The zero-order chi connectivity index (χ0) is 25.0. The van der Waals surface area contributed by atoms with Crippen molar-refractivity contribution < 1.29 is 19.1 Å². The molecule has 0 radical (unpaired) electrons. The molecule has 0 unspecified atom stereocenters. The molecule has 8 heteroatoms. The first-order valence-electron chi connectivity index (χ1n) is 12.2. The molecular weight excluding hydrogens is 444 g/mol. The number of carbonyl (C=O) groups is 2. The molecule has 0 spiro atoms. The molecule has 3 rings (SSSR count). The molecule has 0 bridgehead atoms. The molecule has 2 aromatic carbocycles. The Morgan fingerprint density at radius 1 is 1.11 bits per heavy atom. The van der Waals surface area contributed by atoms with Gasteiger partial charge >= 0.3 is 0 Å². The third kappa shape index (κ3) is 8.10. The van der Waals surface area contributed by atoms with Crippen molar-refractivity contribution in [1.29, 1.82) is 5.41 Å². The van der Waals surface area contributed by atoms with Crippen LogP contribution < -0.4 is 15.4 Å². The van der Waals surface area contributed by atoms with Crippen molar-refractivity contribution in [3.05, 3.63) is 53.6 Å².